The number of ether oxygens (including phenoxy) is 1. The SMILES string of the molecule is COC(=O)C[C@H](C(=O)N1[C@H](c2ncc(Br)[nH]2)C[C@@H]2C[C@@H]21)C(C)C. The first-order valence-corrected chi connectivity index (χ1v) is 8.81. The second-order valence-corrected chi connectivity index (χ2v) is 7.66. The molecule has 7 heteroatoms. The number of fused-ring (bicyclic) bond motifs is 1. The number of aromatic amines is 1. The maximum atomic E-state index is 13.1. The van der Waals surface area contributed by atoms with Gasteiger partial charge in [0.2, 0.25) is 5.91 Å². The molecule has 0 unspecified atom stereocenters. The van der Waals surface area contributed by atoms with Gasteiger partial charge in [-0.05, 0) is 40.6 Å². The summed E-state index contributed by atoms with van der Waals surface area (Å²) in [6.45, 7) is 3.95. The lowest BCUT2D eigenvalue weighted by atomic mass is 9.90. The summed E-state index contributed by atoms with van der Waals surface area (Å²) >= 11 is 3.37. The summed E-state index contributed by atoms with van der Waals surface area (Å²) in [6, 6.07) is 0.284. The predicted octanol–water partition coefficient (Wildman–Crippen LogP) is 2.67. The van der Waals surface area contributed by atoms with E-state index in [1.165, 1.54) is 7.11 Å². The standard InChI is InChI=1S/C16H22BrN3O3/c1-8(2)10(6-14(21)23-3)16(22)20-11-4-9(11)5-12(20)15-18-7-13(17)19-15/h7-12H,4-6H2,1-3H3,(H,18,19)/t9-,10-,11-,12-/m0/s1. The molecule has 1 aliphatic heterocycles. The predicted molar refractivity (Wildman–Crippen MR) is 87.3 cm³/mol. The molecule has 2 aliphatic rings. The van der Waals surface area contributed by atoms with Gasteiger partial charge in [-0.2, -0.15) is 0 Å². The molecule has 6 nitrogen and oxygen atoms in total. The number of hydrogen-bond donors (Lipinski definition) is 1. The minimum atomic E-state index is -0.345. The second-order valence-electron chi connectivity index (χ2n) is 6.81. The van der Waals surface area contributed by atoms with Crippen LogP contribution in [0.3, 0.4) is 0 Å². The van der Waals surface area contributed by atoms with Crippen LogP contribution in [0.15, 0.2) is 10.8 Å². The fourth-order valence-corrected chi connectivity index (χ4v) is 3.87. The molecule has 4 atom stereocenters. The zero-order valence-electron chi connectivity index (χ0n) is 13.6. The number of piperidine rings is 1. The maximum Gasteiger partial charge on any atom is 0.306 e. The highest BCUT2D eigenvalue weighted by Gasteiger charge is 2.56. The molecule has 0 aromatic carbocycles. The molecule has 0 radical (unpaired) electrons. The van der Waals surface area contributed by atoms with Crippen molar-refractivity contribution in [1.82, 2.24) is 14.9 Å². The van der Waals surface area contributed by atoms with Crippen LogP contribution in [0.25, 0.3) is 0 Å². The second kappa shape index (κ2) is 6.26. The van der Waals surface area contributed by atoms with Crippen LogP contribution < -0.4 is 0 Å². The highest BCUT2D eigenvalue weighted by Crippen LogP contribution is 2.53. The molecule has 1 amide bonds. The van der Waals surface area contributed by atoms with E-state index in [0.717, 1.165) is 23.3 Å². The topological polar surface area (TPSA) is 75.3 Å². The highest BCUT2D eigenvalue weighted by atomic mass is 79.9. The molecule has 1 aromatic rings. The first kappa shape index (κ1) is 16.5. The van der Waals surface area contributed by atoms with E-state index in [1.807, 2.05) is 18.7 Å². The van der Waals surface area contributed by atoms with Crippen molar-refractivity contribution in [3.63, 3.8) is 0 Å². The molecule has 1 saturated carbocycles. The Morgan fingerprint density at radius 1 is 1.48 bits per heavy atom. The summed E-state index contributed by atoms with van der Waals surface area (Å²) < 4.78 is 5.58. The number of aromatic nitrogens is 2. The lowest BCUT2D eigenvalue weighted by molar-refractivity contribution is -0.149. The Balaban J connectivity index is 1.81. The van der Waals surface area contributed by atoms with Crippen molar-refractivity contribution in [3.05, 3.63) is 16.6 Å². The molecule has 1 N–H and O–H groups in total. The van der Waals surface area contributed by atoms with Crippen LogP contribution >= 0.6 is 15.9 Å². The Morgan fingerprint density at radius 2 is 2.22 bits per heavy atom. The highest BCUT2D eigenvalue weighted by molar-refractivity contribution is 9.10. The van der Waals surface area contributed by atoms with Gasteiger partial charge < -0.3 is 14.6 Å². The monoisotopic (exact) mass is 383 g/mol. The number of H-pyrrole nitrogens is 1. The largest absolute Gasteiger partial charge is 0.469 e. The van der Waals surface area contributed by atoms with Crippen LogP contribution in [0.2, 0.25) is 0 Å². The lowest BCUT2D eigenvalue weighted by Gasteiger charge is -2.31. The third-order valence-electron chi connectivity index (χ3n) is 4.98. The van der Waals surface area contributed by atoms with E-state index in [9.17, 15) is 9.59 Å². The van der Waals surface area contributed by atoms with Crippen molar-refractivity contribution >= 4 is 27.8 Å². The number of halogens is 1. The van der Waals surface area contributed by atoms with E-state index >= 15 is 0 Å². The molecule has 2 heterocycles. The molecule has 1 saturated heterocycles. The molecular weight excluding hydrogens is 362 g/mol. The molecular formula is C16H22BrN3O3. The molecule has 23 heavy (non-hydrogen) atoms. The fourth-order valence-electron chi connectivity index (χ4n) is 3.56. The maximum absolute atomic E-state index is 13.1. The average molecular weight is 384 g/mol. The van der Waals surface area contributed by atoms with Crippen molar-refractivity contribution in [3.8, 4) is 0 Å². The van der Waals surface area contributed by atoms with Crippen molar-refractivity contribution in [2.75, 3.05) is 7.11 Å². The molecule has 1 aromatic heterocycles. The first-order chi connectivity index (χ1) is 10.9. The summed E-state index contributed by atoms with van der Waals surface area (Å²) in [5.41, 5.74) is 0. The van der Waals surface area contributed by atoms with E-state index in [1.54, 1.807) is 6.20 Å². The summed E-state index contributed by atoms with van der Waals surface area (Å²) in [5, 5.41) is 0. The molecule has 0 bridgehead atoms. The number of hydrogen-bond acceptors (Lipinski definition) is 4. The van der Waals surface area contributed by atoms with Crippen LogP contribution in [-0.4, -0.2) is 39.9 Å². The lowest BCUT2D eigenvalue weighted by Crippen LogP contribution is -2.41. The number of carbonyl (C=O) groups excluding carboxylic acids is 2. The normalized spacial score (nSPS) is 27.0. The van der Waals surface area contributed by atoms with Gasteiger partial charge in [-0.25, -0.2) is 4.98 Å². The van der Waals surface area contributed by atoms with E-state index < -0.39 is 0 Å². The van der Waals surface area contributed by atoms with Gasteiger partial charge in [-0.3, -0.25) is 9.59 Å². The van der Waals surface area contributed by atoms with Gasteiger partial charge in [-0.1, -0.05) is 13.8 Å². The molecule has 1 aliphatic carbocycles. The Kier molecular flexibility index (Phi) is 4.49. The Morgan fingerprint density at radius 3 is 2.78 bits per heavy atom. The van der Waals surface area contributed by atoms with Gasteiger partial charge in [0, 0.05) is 6.04 Å². The van der Waals surface area contributed by atoms with E-state index in [-0.39, 0.29) is 36.2 Å². The zero-order chi connectivity index (χ0) is 16.7. The third-order valence-corrected chi connectivity index (χ3v) is 5.38. The van der Waals surface area contributed by atoms with Crippen molar-refractivity contribution in [1.29, 1.82) is 0 Å². The fraction of sp³-hybridized carbons (Fsp3) is 0.688. The molecule has 2 fully saturated rings. The smallest absolute Gasteiger partial charge is 0.306 e. The zero-order valence-corrected chi connectivity index (χ0v) is 15.2. The van der Waals surface area contributed by atoms with Crippen molar-refractivity contribution in [2.24, 2.45) is 17.8 Å². The molecule has 126 valence electrons. The van der Waals surface area contributed by atoms with Gasteiger partial charge in [0.15, 0.2) is 0 Å². The molecule has 3 rings (SSSR count). The number of nitrogens with zero attached hydrogens (tertiary/aromatic N) is 2. The minimum absolute atomic E-state index is 0.0172. The minimum Gasteiger partial charge on any atom is -0.469 e. The quantitative estimate of drug-likeness (QED) is 0.792. The number of methoxy groups -OCH3 is 1. The van der Waals surface area contributed by atoms with Gasteiger partial charge in [0.25, 0.3) is 0 Å². The van der Waals surface area contributed by atoms with Crippen molar-refractivity contribution in [2.45, 2.75) is 45.2 Å². The van der Waals surface area contributed by atoms with Gasteiger partial charge in [0.1, 0.15) is 10.4 Å². The number of likely N-dealkylation sites (tertiary alicyclic amines) is 1. The van der Waals surface area contributed by atoms with Gasteiger partial charge >= 0.3 is 5.97 Å². The summed E-state index contributed by atoms with van der Waals surface area (Å²) in [7, 11) is 1.36. The number of amides is 1. The summed E-state index contributed by atoms with van der Waals surface area (Å²) in [4.78, 5) is 34.3. The van der Waals surface area contributed by atoms with Crippen LogP contribution in [0.4, 0.5) is 0 Å². The number of imidazole rings is 1. The number of esters is 1. The van der Waals surface area contributed by atoms with E-state index in [2.05, 4.69) is 25.9 Å². The number of rotatable bonds is 5. The number of carbonyl (C=O) groups is 2. The number of nitrogens with one attached hydrogen (secondary N) is 1. The van der Waals surface area contributed by atoms with Crippen LogP contribution in [0.1, 0.15) is 45.0 Å². The summed E-state index contributed by atoms with van der Waals surface area (Å²) in [6.07, 6.45) is 3.86. The van der Waals surface area contributed by atoms with E-state index in [0.29, 0.717) is 12.0 Å². The van der Waals surface area contributed by atoms with Gasteiger partial charge in [0.05, 0.1) is 31.7 Å². The Labute approximate surface area is 144 Å². The summed E-state index contributed by atoms with van der Waals surface area (Å²) in [5.74, 6) is 0.844. The Hall–Kier alpha value is -1.37. The van der Waals surface area contributed by atoms with E-state index in [4.69, 9.17) is 4.74 Å². The third kappa shape index (κ3) is 3.16. The van der Waals surface area contributed by atoms with Crippen LogP contribution in [0.5, 0.6) is 0 Å². The van der Waals surface area contributed by atoms with Crippen molar-refractivity contribution < 1.29 is 14.3 Å². The average Bonchev–Trinajstić information content (AvgIpc) is 2.96. The first-order valence-electron chi connectivity index (χ1n) is 8.01. The van der Waals surface area contributed by atoms with Gasteiger partial charge in [-0.15, -0.1) is 0 Å². The van der Waals surface area contributed by atoms with Crippen LogP contribution in [-0.2, 0) is 14.3 Å². The molecule has 0 spiro atoms. The van der Waals surface area contributed by atoms with Crippen LogP contribution in [0, 0.1) is 17.8 Å². The Bertz CT molecular complexity index is 615.